The molecule has 1 heterocycles. The van der Waals surface area contributed by atoms with Gasteiger partial charge in [0.25, 0.3) is 0 Å². The maximum Gasteiger partial charge on any atom is 0.343 e. The van der Waals surface area contributed by atoms with E-state index in [1.54, 1.807) is 25.3 Å². The molecule has 4 aromatic rings. The molecule has 1 unspecified atom stereocenters. The number of anilines is 1. The van der Waals surface area contributed by atoms with Gasteiger partial charge in [-0.2, -0.15) is 0 Å². The molecule has 33 heavy (non-hydrogen) atoms. The second kappa shape index (κ2) is 8.43. The summed E-state index contributed by atoms with van der Waals surface area (Å²) in [4.78, 5) is 25.1. The van der Waals surface area contributed by atoms with Crippen molar-refractivity contribution in [3.63, 3.8) is 0 Å². The van der Waals surface area contributed by atoms with Gasteiger partial charge in [-0.3, -0.25) is 4.79 Å². The van der Waals surface area contributed by atoms with Gasteiger partial charge in [-0.1, -0.05) is 54.1 Å². The number of esters is 1. The predicted molar refractivity (Wildman–Crippen MR) is 128 cm³/mol. The van der Waals surface area contributed by atoms with Crippen LogP contribution in [0.15, 0.2) is 78.9 Å². The van der Waals surface area contributed by atoms with Gasteiger partial charge in [-0.15, -0.1) is 0 Å². The number of carbonyl (C=O) groups is 2. The van der Waals surface area contributed by atoms with E-state index < -0.39 is 5.97 Å². The lowest BCUT2D eigenvalue weighted by Gasteiger charge is -2.28. The number of hydrogen-bond acceptors (Lipinski definition) is 4. The summed E-state index contributed by atoms with van der Waals surface area (Å²) in [7, 11) is 1.54. The minimum Gasteiger partial charge on any atom is -0.493 e. The number of ether oxygens (including phenoxy) is 2. The highest BCUT2D eigenvalue weighted by Crippen LogP contribution is 2.43. The molecule has 1 aliphatic rings. The van der Waals surface area contributed by atoms with E-state index in [4.69, 9.17) is 9.47 Å². The molecule has 0 spiro atoms. The molecule has 1 N–H and O–H groups in total. The van der Waals surface area contributed by atoms with Crippen molar-refractivity contribution in [2.24, 2.45) is 0 Å². The van der Waals surface area contributed by atoms with E-state index in [2.05, 4.69) is 17.4 Å². The maximum atomic E-state index is 12.6. The number of carbonyl (C=O) groups excluding carboxylic acids is 2. The Labute approximate surface area is 192 Å². The normalized spacial score (nSPS) is 15.0. The Kier molecular flexibility index (Phi) is 5.31. The molecule has 0 fully saturated rings. The van der Waals surface area contributed by atoms with Crippen LogP contribution in [-0.4, -0.2) is 19.0 Å². The van der Waals surface area contributed by atoms with Crippen molar-refractivity contribution in [3.05, 3.63) is 101 Å². The molecule has 4 aromatic carbocycles. The van der Waals surface area contributed by atoms with E-state index in [0.29, 0.717) is 23.5 Å². The lowest BCUT2D eigenvalue weighted by atomic mass is 9.82. The fraction of sp³-hybridized carbons (Fsp3) is 0.143. The first-order valence-electron chi connectivity index (χ1n) is 10.8. The summed E-state index contributed by atoms with van der Waals surface area (Å²) in [6.07, 6.45) is 0.326. The van der Waals surface area contributed by atoms with E-state index in [9.17, 15) is 9.59 Å². The number of aryl methyl sites for hydroxylation is 1. The molecule has 0 radical (unpaired) electrons. The van der Waals surface area contributed by atoms with Crippen molar-refractivity contribution in [2.75, 3.05) is 12.4 Å². The molecule has 1 amide bonds. The molecule has 0 saturated heterocycles. The van der Waals surface area contributed by atoms with Gasteiger partial charge >= 0.3 is 5.97 Å². The van der Waals surface area contributed by atoms with Crippen LogP contribution in [-0.2, 0) is 4.79 Å². The molecule has 164 valence electrons. The van der Waals surface area contributed by atoms with E-state index >= 15 is 0 Å². The van der Waals surface area contributed by atoms with Crippen LogP contribution in [0.1, 0.15) is 39.4 Å². The van der Waals surface area contributed by atoms with Crippen molar-refractivity contribution in [2.45, 2.75) is 19.3 Å². The molecule has 0 saturated carbocycles. The molecular weight excluding hydrogens is 414 g/mol. The van der Waals surface area contributed by atoms with Gasteiger partial charge in [0.2, 0.25) is 5.91 Å². The number of rotatable bonds is 4. The van der Waals surface area contributed by atoms with Gasteiger partial charge in [-0.25, -0.2) is 4.79 Å². The molecular formula is C28H23NO4. The Balaban J connectivity index is 1.52. The molecule has 0 bridgehead atoms. The van der Waals surface area contributed by atoms with E-state index in [-0.39, 0.29) is 11.8 Å². The first-order chi connectivity index (χ1) is 16.0. The highest BCUT2D eigenvalue weighted by molar-refractivity contribution is 6.01. The molecule has 1 aliphatic heterocycles. The average molecular weight is 437 g/mol. The zero-order chi connectivity index (χ0) is 22.9. The van der Waals surface area contributed by atoms with Crippen molar-refractivity contribution in [3.8, 4) is 11.5 Å². The Bertz CT molecular complexity index is 1370. The minimum atomic E-state index is -0.450. The number of methoxy groups -OCH3 is 1. The van der Waals surface area contributed by atoms with Gasteiger partial charge in [0.1, 0.15) is 0 Å². The fourth-order valence-electron chi connectivity index (χ4n) is 4.39. The number of benzene rings is 4. The summed E-state index contributed by atoms with van der Waals surface area (Å²) in [6, 6.07) is 24.8. The maximum absolute atomic E-state index is 12.6. The van der Waals surface area contributed by atoms with Gasteiger partial charge in [0.05, 0.1) is 12.7 Å². The lowest BCUT2D eigenvalue weighted by Crippen LogP contribution is -2.23. The van der Waals surface area contributed by atoms with E-state index in [1.165, 1.54) is 0 Å². The third-order valence-corrected chi connectivity index (χ3v) is 6.06. The van der Waals surface area contributed by atoms with E-state index in [0.717, 1.165) is 33.2 Å². The van der Waals surface area contributed by atoms with Crippen LogP contribution in [0.3, 0.4) is 0 Å². The zero-order valence-corrected chi connectivity index (χ0v) is 18.4. The summed E-state index contributed by atoms with van der Waals surface area (Å²) >= 11 is 0. The fourth-order valence-corrected chi connectivity index (χ4v) is 4.39. The number of nitrogens with one attached hydrogen (secondary N) is 1. The summed E-state index contributed by atoms with van der Waals surface area (Å²) in [5.74, 6) is 0.160. The Morgan fingerprint density at radius 1 is 0.939 bits per heavy atom. The van der Waals surface area contributed by atoms with Crippen LogP contribution in [0.25, 0.3) is 10.8 Å². The Morgan fingerprint density at radius 2 is 1.73 bits per heavy atom. The number of hydrogen-bond donors (Lipinski definition) is 1. The average Bonchev–Trinajstić information content (AvgIpc) is 2.83. The monoisotopic (exact) mass is 437 g/mol. The quantitative estimate of drug-likeness (QED) is 0.321. The van der Waals surface area contributed by atoms with Gasteiger partial charge in [0, 0.05) is 18.0 Å². The zero-order valence-electron chi connectivity index (χ0n) is 18.4. The molecule has 5 heteroatoms. The molecule has 0 aliphatic carbocycles. The SMILES string of the molecule is COc1cc(C2CC(=O)Nc3ccc4ccccc4c32)ccc1OC(=O)c1ccc(C)cc1. The molecule has 5 nitrogen and oxygen atoms in total. The van der Waals surface area contributed by atoms with Crippen molar-refractivity contribution < 1.29 is 19.1 Å². The Hall–Kier alpha value is -4.12. The Morgan fingerprint density at radius 3 is 2.52 bits per heavy atom. The van der Waals surface area contributed by atoms with Crippen LogP contribution >= 0.6 is 0 Å². The minimum absolute atomic E-state index is 0.0309. The van der Waals surface area contributed by atoms with Gasteiger partial charge < -0.3 is 14.8 Å². The van der Waals surface area contributed by atoms with Crippen molar-refractivity contribution >= 4 is 28.3 Å². The first kappa shape index (κ1) is 20.8. The number of amides is 1. The summed E-state index contributed by atoms with van der Waals surface area (Å²) in [6.45, 7) is 1.96. The molecule has 0 aromatic heterocycles. The number of fused-ring (bicyclic) bond motifs is 3. The predicted octanol–water partition coefficient (Wildman–Crippen LogP) is 5.85. The van der Waals surface area contributed by atoms with Crippen LogP contribution in [0.5, 0.6) is 11.5 Å². The highest BCUT2D eigenvalue weighted by atomic mass is 16.6. The summed E-state index contributed by atoms with van der Waals surface area (Å²) < 4.78 is 11.2. The second-order valence-electron chi connectivity index (χ2n) is 8.22. The highest BCUT2D eigenvalue weighted by Gasteiger charge is 2.29. The molecule has 1 atom stereocenters. The largest absolute Gasteiger partial charge is 0.493 e. The first-order valence-corrected chi connectivity index (χ1v) is 10.8. The van der Waals surface area contributed by atoms with Crippen molar-refractivity contribution in [1.82, 2.24) is 0 Å². The summed E-state index contributed by atoms with van der Waals surface area (Å²) in [5, 5.41) is 5.22. The smallest absolute Gasteiger partial charge is 0.343 e. The second-order valence-corrected chi connectivity index (χ2v) is 8.22. The standard InChI is InChI=1S/C28H23NO4/c1-17-7-9-19(10-8-17)28(31)33-24-14-12-20(15-25(24)32-2)22-16-26(30)29-23-13-11-18-5-3-4-6-21(18)27(22)23/h3-15,22H,16H2,1-2H3,(H,29,30). The van der Waals surface area contributed by atoms with Gasteiger partial charge in [0.15, 0.2) is 11.5 Å². The topological polar surface area (TPSA) is 64.6 Å². The third kappa shape index (κ3) is 3.94. The van der Waals surface area contributed by atoms with Crippen LogP contribution in [0, 0.1) is 6.92 Å². The lowest BCUT2D eigenvalue weighted by molar-refractivity contribution is -0.116. The van der Waals surface area contributed by atoms with Gasteiger partial charge in [-0.05, 0) is 59.2 Å². The van der Waals surface area contributed by atoms with Crippen LogP contribution < -0.4 is 14.8 Å². The van der Waals surface area contributed by atoms with Crippen LogP contribution in [0.2, 0.25) is 0 Å². The van der Waals surface area contributed by atoms with E-state index in [1.807, 2.05) is 55.5 Å². The van der Waals surface area contributed by atoms with Crippen LogP contribution in [0.4, 0.5) is 5.69 Å². The summed E-state index contributed by atoms with van der Waals surface area (Å²) in [5.41, 5.74) is 4.37. The van der Waals surface area contributed by atoms with Crippen molar-refractivity contribution in [1.29, 1.82) is 0 Å². The third-order valence-electron chi connectivity index (χ3n) is 6.06. The molecule has 5 rings (SSSR count).